The van der Waals surface area contributed by atoms with Gasteiger partial charge in [0, 0.05) is 12.8 Å². The highest BCUT2D eigenvalue weighted by atomic mass is 16.4. The second kappa shape index (κ2) is 6.08. The monoisotopic (exact) mass is 239 g/mol. The van der Waals surface area contributed by atoms with E-state index in [-0.39, 0.29) is 18.2 Å². The summed E-state index contributed by atoms with van der Waals surface area (Å²) in [6.07, 6.45) is 2.24. The first kappa shape index (κ1) is 13.3. The van der Waals surface area contributed by atoms with Crippen molar-refractivity contribution in [2.45, 2.75) is 32.7 Å². The maximum atomic E-state index is 11.5. The van der Waals surface area contributed by atoms with Gasteiger partial charge in [0.05, 0.1) is 6.26 Å². The lowest BCUT2D eigenvalue weighted by Gasteiger charge is -2.17. The van der Waals surface area contributed by atoms with E-state index in [1.165, 1.54) is 0 Å². The minimum absolute atomic E-state index is 0.139. The number of aliphatic carboxylic acids is 1. The maximum absolute atomic E-state index is 11.5. The molecule has 1 aromatic heterocycles. The third-order valence-corrected chi connectivity index (χ3v) is 2.43. The van der Waals surface area contributed by atoms with Crippen LogP contribution in [-0.4, -0.2) is 23.0 Å². The first-order valence-corrected chi connectivity index (χ1v) is 5.55. The van der Waals surface area contributed by atoms with Crippen LogP contribution in [0.5, 0.6) is 0 Å². The Morgan fingerprint density at radius 2 is 2.18 bits per heavy atom. The average molecular weight is 239 g/mol. The van der Waals surface area contributed by atoms with Gasteiger partial charge in [0.1, 0.15) is 11.8 Å². The summed E-state index contributed by atoms with van der Waals surface area (Å²) in [4.78, 5) is 22.4. The molecular formula is C12H17NO4. The summed E-state index contributed by atoms with van der Waals surface area (Å²) in [6.45, 7) is 3.51. The highest BCUT2D eigenvalue weighted by Gasteiger charge is 2.23. The predicted octanol–water partition coefficient (Wildman–Crippen LogP) is 1.44. The van der Waals surface area contributed by atoms with Crippen molar-refractivity contribution in [3.8, 4) is 0 Å². The Bertz CT molecular complexity index is 370. The van der Waals surface area contributed by atoms with Gasteiger partial charge in [-0.1, -0.05) is 13.8 Å². The molecule has 0 saturated carbocycles. The number of amides is 1. The SMILES string of the molecule is CC(C)[C@H](NC(=O)CCc1ccco1)C(=O)O. The lowest BCUT2D eigenvalue weighted by Crippen LogP contribution is -2.44. The normalized spacial score (nSPS) is 12.4. The largest absolute Gasteiger partial charge is 0.480 e. The molecule has 94 valence electrons. The van der Waals surface area contributed by atoms with Gasteiger partial charge in [0.25, 0.3) is 0 Å². The molecule has 17 heavy (non-hydrogen) atoms. The molecular weight excluding hydrogens is 222 g/mol. The van der Waals surface area contributed by atoms with E-state index >= 15 is 0 Å². The van der Waals surface area contributed by atoms with E-state index in [0.29, 0.717) is 6.42 Å². The van der Waals surface area contributed by atoms with E-state index in [0.717, 1.165) is 5.76 Å². The number of rotatable bonds is 6. The van der Waals surface area contributed by atoms with E-state index in [4.69, 9.17) is 9.52 Å². The molecule has 0 radical (unpaired) electrons. The highest BCUT2D eigenvalue weighted by Crippen LogP contribution is 2.05. The fraction of sp³-hybridized carbons (Fsp3) is 0.500. The Balaban J connectivity index is 2.40. The van der Waals surface area contributed by atoms with E-state index in [1.54, 1.807) is 32.2 Å². The van der Waals surface area contributed by atoms with E-state index in [2.05, 4.69) is 5.32 Å². The van der Waals surface area contributed by atoms with Gasteiger partial charge in [-0.15, -0.1) is 0 Å². The summed E-state index contributed by atoms with van der Waals surface area (Å²) in [5, 5.41) is 11.4. The van der Waals surface area contributed by atoms with Crippen LogP contribution in [-0.2, 0) is 16.0 Å². The molecule has 1 atom stereocenters. The van der Waals surface area contributed by atoms with Gasteiger partial charge in [-0.3, -0.25) is 4.79 Å². The maximum Gasteiger partial charge on any atom is 0.326 e. The third-order valence-electron chi connectivity index (χ3n) is 2.43. The molecule has 1 amide bonds. The first-order valence-electron chi connectivity index (χ1n) is 5.55. The topological polar surface area (TPSA) is 79.5 Å². The molecule has 1 aromatic rings. The molecule has 0 bridgehead atoms. The number of aryl methyl sites for hydroxylation is 1. The lowest BCUT2D eigenvalue weighted by molar-refractivity contribution is -0.143. The van der Waals surface area contributed by atoms with Crippen LogP contribution < -0.4 is 5.32 Å². The predicted molar refractivity (Wildman–Crippen MR) is 61.4 cm³/mol. The summed E-state index contributed by atoms with van der Waals surface area (Å²) >= 11 is 0. The molecule has 0 aliphatic heterocycles. The Hall–Kier alpha value is -1.78. The minimum atomic E-state index is -1.01. The van der Waals surface area contributed by atoms with E-state index in [9.17, 15) is 9.59 Å². The fourth-order valence-electron chi connectivity index (χ4n) is 1.45. The van der Waals surface area contributed by atoms with Crippen LogP contribution >= 0.6 is 0 Å². The standard InChI is InChI=1S/C12H17NO4/c1-8(2)11(12(15)16)13-10(14)6-5-9-4-3-7-17-9/h3-4,7-8,11H,5-6H2,1-2H3,(H,13,14)(H,15,16)/t11-/m0/s1. The van der Waals surface area contributed by atoms with Crippen molar-refractivity contribution in [2.75, 3.05) is 0 Å². The van der Waals surface area contributed by atoms with Crippen molar-refractivity contribution < 1.29 is 19.1 Å². The van der Waals surface area contributed by atoms with Gasteiger partial charge in [-0.05, 0) is 18.1 Å². The molecule has 5 nitrogen and oxygen atoms in total. The summed E-state index contributed by atoms with van der Waals surface area (Å²) < 4.78 is 5.09. The number of hydrogen-bond donors (Lipinski definition) is 2. The molecule has 0 spiro atoms. The molecule has 5 heteroatoms. The second-order valence-corrected chi connectivity index (χ2v) is 4.21. The van der Waals surface area contributed by atoms with Gasteiger partial charge in [0.15, 0.2) is 0 Å². The zero-order chi connectivity index (χ0) is 12.8. The molecule has 0 fully saturated rings. The summed E-state index contributed by atoms with van der Waals surface area (Å²) in [7, 11) is 0. The van der Waals surface area contributed by atoms with Crippen LogP contribution in [0.15, 0.2) is 22.8 Å². The summed E-state index contributed by atoms with van der Waals surface area (Å²) in [5.74, 6) is -0.703. The molecule has 2 N–H and O–H groups in total. The van der Waals surface area contributed by atoms with Gasteiger partial charge < -0.3 is 14.8 Å². The zero-order valence-electron chi connectivity index (χ0n) is 9.97. The molecule has 0 aromatic carbocycles. The van der Waals surface area contributed by atoms with Crippen LogP contribution in [0, 0.1) is 5.92 Å². The quantitative estimate of drug-likeness (QED) is 0.787. The summed E-state index contributed by atoms with van der Waals surface area (Å²) in [6, 6.07) is 2.70. The zero-order valence-corrected chi connectivity index (χ0v) is 9.97. The van der Waals surface area contributed by atoms with Crippen molar-refractivity contribution in [1.82, 2.24) is 5.32 Å². The van der Waals surface area contributed by atoms with Gasteiger partial charge in [-0.25, -0.2) is 4.79 Å². The van der Waals surface area contributed by atoms with Crippen LogP contribution in [0.3, 0.4) is 0 Å². The number of furan rings is 1. The smallest absolute Gasteiger partial charge is 0.326 e. The van der Waals surface area contributed by atoms with E-state index in [1.807, 2.05) is 0 Å². The molecule has 1 heterocycles. The Kier molecular flexibility index (Phi) is 4.75. The van der Waals surface area contributed by atoms with Crippen LogP contribution in [0.1, 0.15) is 26.0 Å². The fourth-order valence-corrected chi connectivity index (χ4v) is 1.45. The Morgan fingerprint density at radius 3 is 2.65 bits per heavy atom. The van der Waals surface area contributed by atoms with Gasteiger partial charge in [0.2, 0.25) is 5.91 Å². The van der Waals surface area contributed by atoms with Crippen molar-refractivity contribution in [2.24, 2.45) is 5.92 Å². The average Bonchev–Trinajstić information content (AvgIpc) is 2.74. The molecule has 1 rings (SSSR count). The third kappa shape index (κ3) is 4.30. The molecule has 0 aliphatic carbocycles. The van der Waals surface area contributed by atoms with Crippen molar-refractivity contribution in [3.05, 3.63) is 24.2 Å². The van der Waals surface area contributed by atoms with Crippen molar-refractivity contribution in [3.63, 3.8) is 0 Å². The lowest BCUT2D eigenvalue weighted by atomic mass is 10.0. The van der Waals surface area contributed by atoms with Crippen LogP contribution in [0.2, 0.25) is 0 Å². The minimum Gasteiger partial charge on any atom is -0.480 e. The van der Waals surface area contributed by atoms with Crippen molar-refractivity contribution >= 4 is 11.9 Å². The number of carboxylic acid groups (broad SMARTS) is 1. The second-order valence-electron chi connectivity index (χ2n) is 4.21. The van der Waals surface area contributed by atoms with Crippen LogP contribution in [0.4, 0.5) is 0 Å². The number of hydrogen-bond acceptors (Lipinski definition) is 3. The number of carbonyl (C=O) groups is 2. The van der Waals surface area contributed by atoms with Crippen molar-refractivity contribution in [1.29, 1.82) is 0 Å². The molecule has 0 aliphatic rings. The number of carbonyl (C=O) groups excluding carboxylic acids is 1. The van der Waals surface area contributed by atoms with Gasteiger partial charge >= 0.3 is 5.97 Å². The highest BCUT2D eigenvalue weighted by molar-refractivity contribution is 5.83. The Morgan fingerprint density at radius 1 is 1.47 bits per heavy atom. The van der Waals surface area contributed by atoms with Gasteiger partial charge in [-0.2, -0.15) is 0 Å². The first-order chi connectivity index (χ1) is 8.00. The van der Waals surface area contributed by atoms with E-state index < -0.39 is 12.0 Å². The Labute approximate surface area is 99.8 Å². The summed E-state index contributed by atoms with van der Waals surface area (Å²) in [5.41, 5.74) is 0. The molecule has 0 unspecified atom stereocenters. The number of carboxylic acids is 1. The molecule has 0 saturated heterocycles. The number of nitrogens with one attached hydrogen (secondary N) is 1. The van der Waals surface area contributed by atoms with Crippen LogP contribution in [0.25, 0.3) is 0 Å².